The first-order valence-corrected chi connectivity index (χ1v) is 21.5. The van der Waals surface area contributed by atoms with Crippen molar-refractivity contribution in [2.75, 3.05) is 30.1 Å². The van der Waals surface area contributed by atoms with Crippen LogP contribution in [0, 0.1) is 5.92 Å². The Morgan fingerprint density at radius 3 is 2.52 bits per heavy atom. The highest BCUT2D eigenvalue weighted by atomic mass is 28.3. The van der Waals surface area contributed by atoms with Crippen molar-refractivity contribution in [3.63, 3.8) is 0 Å². The lowest BCUT2D eigenvalue weighted by atomic mass is 9.82. The molecular formula is C41H47N5O7Si. The molecule has 3 aliphatic heterocycles. The van der Waals surface area contributed by atoms with E-state index in [1.165, 1.54) is 17.0 Å². The lowest BCUT2D eigenvalue weighted by Gasteiger charge is -2.39. The summed E-state index contributed by atoms with van der Waals surface area (Å²) in [7, 11) is -0.787. The number of nitrogens with zero attached hydrogens (tertiary/aromatic N) is 5. The molecule has 7 rings (SSSR count). The molecular weight excluding hydrogens is 703 g/mol. The molecule has 6 atom stereocenters. The van der Waals surface area contributed by atoms with E-state index in [2.05, 4.69) is 49.0 Å². The van der Waals surface area contributed by atoms with Crippen molar-refractivity contribution in [1.82, 2.24) is 15.0 Å². The van der Waals surface area contributed by atoms with Gasteiger partial charge in [-0.3, -0.25) is 24.0 Å². The number of rotatable bonds is 13. The molecule has 0 aliphatic carbocycles. The van der Waals surface area contributed by atoms with Crippen LogP contribution in [0.15, 0.2) is 91.6 Å². The number of fused-ring (bicyclic) bond motifs is 2. The molecule has 3 aliphatic rings. The second-order valence-corrected chi connectivity index (χ2v) is 19.6. The summed E-state index contributed by atoms with van der Waals surface area (Å²) in [5, 5.41) is 20.4. The van der Waals surface area contributed by atoms with Crippen molar-refractivity contribution in [3.05, 3.63) is 108 Å². The minimum absolute atomic E-state index is 0.0352. The maximum Gasteiger partial charge on any atom is 0.304 e. The number of esters is 1. The molecule has 0 saturated carbocycles. The van der Waals surface area contributed by atoms with Crippen molar-refractivity contribution >= 4 is 42.4 Å². The first-order chi connectivity index (χ1) is 25.9. The third-order valence-electron chi connectivity index (χ3n) is 11.6. The monoisotopic (exact) mass is 749 g/mol. The van der Waals surface area contributed by atoms with E-state index < -0.39 is 25.9 Å². The molecule has 2 unspecified atom stereocenters. The largest absolute Gasteiger partial charge is 0.497 e. The Hall–Kier alpha value is -5.11. The smallest absolute Gasteiger partial charge is 0.304 e. The Morgan fingerprint density at radius 1 is 1.13 bits per heavy atom. The molecule has 2 saturated heterocycles. The predicted octanol–water partition coefficient (Wildman–Crippen LogP) is 4.88. The number of carbonyl (C=O) groups excluding carboxylic acids is 3. The van der Waals surface area contributed by atoms with E-state index in [0.717, 1.165) is 11.3 Å². The van der Waals surface area contributed by atoms with Gasteiger partial charge in [-0.1, -0.05) is 79.0 Å². The first-order valence-electron chi connectivity index (χ1n) is 18.4. The number of aryl methyl sites for hydroxylation is 1. The molecule has 1 N–H and O–H groups in total. The number of benzene rings is 3. The molecule has 54 heavy (non-hydrogen) atoms. The number of β-lactam (4-membered cyclic amide) rings is 1. The Balaban J connectivity index is 1.28. The number of methoxy groups -OCH3 is 1. The minimum Gasteiger partial charge on any atom is -0.497 e. The molecule has 2 amide bonds. The molecule has 1 aromatic heterocycles. The third kappa shape index (κ3) is 6.23. The van der Waals surface area contributed by atoms with Gasteiger partial charge in [0, 0.05) is 43.4 Å². The summed E-state index contributed by atoms with van der Waals surface area (Å²) in [5.41, 5.74) is 2.16. The zero-order valence-electron chi connectivity index (χ0n) is 31.3. The van der Waals surface area contributed by atoms with Gasteiger partial charge in [-0.2, -0.15) is 0 Å². The van der Waals surface area contributed by atoms with Gasteiger partial charge in [0.25, 0.3) is 5.91 Å². The number of aliphatic hydroxyl groups is 1. The van der Waals surface area contributed by atoms with Crippen molar-refractivity contribution in [1.29, 1.82) is 0 Å². The average Bonchev–Trinajstić information content (AvgIpc) is 3.81. The van der Waals surface area contributed by atoms with Gasteiger partial charge in [-0.05, 0) is 47.9 Å². The number of aromatic nitrogens is 3. The fourth-order valence-electron chi connectivity index (χ4n) is 8.91. The quantitative estimate of drug-likeness (QED) is 0.0879. The van der Waals surface area contributed by atoms with E-state index in [0.29, 0.717) is 35.6 Å². The van der Waals surface area contributed by atoms with Gasteiger partial charge in [-0.25, -0.2) is 0 Å². The molecule has 1 spiro atoms. The van der Waals surface area contributed by atoms with Crippen LogP contribution in [0.1, 0.15) is 49.4 Å². The van der Waals surface area contributed by atoms with Crippen molar-refractivity contribution in [2.45, 2.75) is 75.7 Å². The van der Waals surface area contributed by atoms with Gasteiger partial charge in [0.05, 0.1) is 51.6 Å². The normalized spacial score (nSPS) is 24.0. The molecule has 2 fully saturated rings. The molecule has 0 radical (unpaired) electrons. The van der Waals surface area contributed by atoms with Crippen LogP contribution in [-0.4, -0.2) is 78.6 Å². The van der Waals surface area contributed by atoms with E-state index in [4.69, 9.17) is 14.2 Å². The molecule has 13 heteroatoms. The number of amides is 2. The van der Waals surface area contributed by atoms with Crippen LogP contribution in [0.3, 0.4) is 0 Å². The maximum atomic E-state index is 14.9. The van der Waals surface area contributed by atoms with Gasteiger partial charge >= 0.3 is 5.97 Å². The first kappa shape index (κ1) is 37.2. The Bertz CT molecular complexity index is 2050. The summed E-state index contributed by atoms with van der Waals surface area (Å²) in [5.74, 6) is -0.630. The summed E-state index contributed by atoms with van der Waals surface area (Å²) in [6.45, 7) is 12.7. The molecule has 3 aromatic carbocycles. The number of anilines is 2. The van der Waals surface area contributed by atoms with E-state index >= 15 is 0 Å². The Labute approximate surface area is 316 Å². The fourth-order valence-corrected chi connectivity index (χ4v) is 13.0. The number of aliphatic hydroxyl groups excluding tert-OH is 1. The van der Waals surface area contributed by atoms with Gasteiger partial charge in [0.15, 0.2) is 11.8 Å². The Kier molecular flexibility index (Phi) is 10.1. The standard InChI is InChI=1S/C41H47N5O7Si/c1-7-20-45-35-18-13-29(46-37(49)23-38(46)52-27(3)48)22-33(35)41(40(45)50)26(2)39(54(5,6)31-16-14-30(51-4)15-17-31)36(53-41)19-21-44-24-34(42-43-44)32(25-47)28-11-9-8-10-12-28/h7-18,22,24,26,32,36,38-39,47H,1,19-21,23,25H2,2-6H3/t26-,32?,36+,38?,39-,41+/m1/s1. The average molecular weight is 750 g/mol. The topological polar surface area (TPSA) is 136 Å². The molecule has 4 aromatic rings. The van der Waals surface area contributed by atoms with Crippen LogP contribution < -0.4 is 19.7 Å². The van der Waals surface area contributed by atoms with E-state index in [-0.39, 0.29) is 54.9 Å². The fraction of sp³-hybridized carbons (Fsp3) is 0.390. The summed E-state index contributed by atoms with van der Waals surface area (Å²) < 4.78 is 20.0. The van der Waals surface area contributed by atoms with Gasteiger partial charge < -0.3 is 24.2 Å². The maximum absolute atomic E-state index is 14.9. The second kappa shape index (κ2) is 14.6. The summed E-state index contributed by atoms with van der Waals surface area (Å²) in [4.78, 5) is 42.9. The SMILES string of the molecule is C=CCN1C(=O)[C@@]2(O[C@@H](CCn3cc(C(CO)c4ccccc4)nn3)[C@H]([Si](C)(C)c3ccc(OC)cc3)[C@H]2C)c2cc(N3C(=O)CC3OC(C)=O)ccc21. The number of carbonyl (C=O) groups is 3. The van der Waals surface area contributed by atoms with Crippen LogP contribution in [-0.2, 0) is 36.0 Å². The molecule has 4 heterocycles. The number of ether oxygens (including phenoxy) is 3. The van der Waals surface area contributed by atoms with Gasteiger partial charge in [0.1, 0.15) is 5.75 Å². The van der Waals surface area contributed by atoms with Gasteiger partial charge in [-0.15, -0.1) is 11.7 Å². The summed E-state index contributed by atoms with van der Waals surface area (Å²) in [6, 6.07) is 23.5. The highest BCUT2D eigenvalue weighted by Crippen LogP contribution is 2.60. The third-order valence-corrected chi connectivity index (χ3v) is 15.9. The molecule has 12 nitrogen and oxygen atoms in total. The van der Waals surface area contributed by atoms with Crippen LogP contribution in [0.4, 0.5) is 11.4 Å². The van der Waals surface area contributed by atoms with E-state index in [1.807, 2.05) is 60.8 Å². The molecule has 282 valence electrons. The van der Waals surface area contributed by atoms with E-state index in [9.17, 15) is 19.5 Å². The molecule has 0 bridgehead atoms. The van der Waals surface area contributed by atoms with Crippen LogP contribution in [0.5, 0.6) is 5.75 Å². The highest BCUT2D eigenvalue weighted by Gasteiger charge is 2.66. The number of hydrogen-bond donors (Lipinski definition) is 1. The van der Waals surface area contributed by atoms with Crippen LogP contribution in [0.2, 0.25) is 18.6 Å². The Morgan fingerprint density at radius 2 is 1.87 bits per heavy atom. The zero-order chi connectivity index (χ0) is 38.4. The lowest BCUT2D eigenvalue weighted by molar-refractivity contribution is -0.153. The summed E-state index contributed by atoms with van der Waals surface area (Å²) >= 11 is 0. The van der Waals surface area contributed by atoms with Gasteiger partial charge in [0.2, 0.25) is 5.91 Å². The summed E-state index contributed by atoms with van der Waals surface area (Å²) in [6.07, 6.45) is 3.14. The van der Waals surface area contributed by atoms with E-state index in [1.54, 1.807) is 28.8 Å². The van der Waals surface area contributed by atoms with Crippen molar-refractivity contribution < 1.29 is 33.7 Å². The minimum atomic E-state index is -2.44. The highest BCUT2D eigenvalue weighted by molar-refractivity contribution is 6.91. The lowest BCUT2D eigenvalue weighted by Crippen LogP contribution is -2.55. The number of hydrogen-bond acceptors (Lipinski definition) is 9. The van der Waals surface area contributed by atoms with Crippen molar-refractivity contribution in [2.24, 2.45) is 5.92 Å². The predicted molar refractivity (Wildman–Crippen MR) is 206 cm³/mol. The van der Waals surface area contributed by atoms with Crippen LogP contribution >= 0.6 is 0 Å². The van der Waals surface area contributed by atoms with Crippen LogP contribution in [0.25, 0.3) is 0 Å². The van der Waals surface area contributed by atoms with Crippen molar-refractivity contribution in [3.8, 4) is 5.75 Å². The second-order valence-electron chi connectivity index (χ2n) is 14.9. The zero-order valence-corrected chi connectivity index (χ0v) is 32.3.